The van der Waals surface area contributed by atoms with Crippen LogP contribution in [0.3, 0.4) is 0 Å². The number of rotatable bonds is 10. The first kappa shape index (κ1) is 53.7. The summed E-state index contributed by atoms with van der Waals surface area (Å²) < 4.78 is 9.74. The maximum atomic E-state index is 2.55. The van der Waals surface area contributed by atoms with Crippen molar-refractivity contribution in [1.29, 1.82) is 0 Å². The minimum Gasteiger partial charge on any atom is -0.309 e. The molecule has 0 fully saturated rings. The fraction of sp³-hybridized carbons (Fsp3) is 0. The molecule has 0 spiro atoms. The molecule has 438 valence electrons. The van der Waals surface area contributed by atoms with Crippen molar-refractivity contribution in [3.63, 3.8) is 0 Å². The second kappa shape index (κ2) is 21.8. The summed E-state index contributed by atoms with van der Waals surface area (Å²) in [5, 5.41) is 9.90. The van der Waals surface area contributed by atoms with Gasteiger partial charge in [0.25, 0.3) is 0 Å². The van der Waals surface area contributed by atoms with Crippen LogP contribution in [0.5, 0.6) is 0 Å². The zero-order valence-electron chi connectivity index (χ0n) is 51.2. The molecule has 0 radical (unpaired) electrons. The Morgan fingerprint density at radius 2 is 0.436 bits per heavy atom. The molecule has 19 aromatic rings. The highest BCUT2D eigenvalue weighted by Crippen LogP contribution is 2.58. The molecule has 0 amide bonds. The molecule has 19 rings (SSSR count). The number of benzene rings is 15. The summed E-state index contributed by atoms with van der Waals surface area (Å²) in [4.78, 5) is 0. The summed E-state index contributed by atoms with van der Waals surface area (Å²) in [6.07, 6.45) is 0. The summed E-state index contributed by atoms with van der Waals surface area (Å²) in [6.45, 7) is 0. The fourth-order valence-corrected chi connectivity index (χ4v) is 16.9. The number of hydrogen-bond donors (Lipinski definition) is 0. The van der Waals surface area contributed by atoms with Crippen molar-refractivity contribution in [3.05, 3.63) is 346 Å². The van der Waals surface area contributed by atoms with Crippen LogP contribution in [0.1, 0.15) is 0 Å². The quantitative estimate of drug-likeness (QED) is 0.130. The Labute approximate surface area is 547 Å². The van der Waals surface area contributed by atoms with Crippen LogP contribution in [-0.2, 0) is 0 Å². The average Bonchev–Trinajstić information content (AvgIpc) is 1.53. The van der Waals surface area contributed by atoms with E-state index in [0.717, 1.165) is 50.4 Å². The van der Waals surface area contributed by atoms with Gasteiger partial charge in [0.05, 0.1) is 33.1 Å². The van der Waals surface area contributed by atoms with Crippen LogP contribution >= 0.6 is 11.3 Å². The Bertz CT molecular complexity index is 5990. The molecule has 0 saturated heterocycles. The lowest BCUT2D eigenvalue weighted by molar-refractivity contribution is 1.18. The predicted octanol–water partition coefficient (Wildman–Crippen LogP) is 25.0. The van der Waals surface area contributed by atoms with Gasteiger partial charge < -0.3 is 13.7 Å². The van der Waals surface area contributed by atoms with Gasteiger partial charge in [-0.2, -0.15) is 0 Å². The average molecular weight is 1210 g/mol. The highest BCUT2D eigenvalue weighted by Gasteiger charge is 2.30. The standard InChI is InChI=1S/C90H57N3S/c1-5-25-58(26-6-1)74-57-75-88-85(62-45-51-65(52-46-62)91-76-39-19-13-33-68(76)69-34-14-20-40-77(69)91)83(60-29-9-3-10-30-60)84(61-31-11-4-12-32-61)87(64-49-55-67(56-50-64)93-80-43-23-17-37-72(80)73-38-18-24-44-81(73)93)90(88)94-89(75)86(82(74)59-27-7-2-8-28-59)63-47-53-66(54-48-63)92-78-41-21-15-35-70(78)71-36-16-22-42-79(71)92/h1-57H. The van der Waals surface area contributed by atoms with Crippen molar-refractivity contribution >= 4 is 96.9 Å². The van der Waals surface area contributed by atoms with Crippen LogP contribution in [-0.4, -0.2) is 13.7 Å². The summed E-state index contributed by atoms with van der Waals surface area (Å²) in [6, 6.07) is 128. The van der Waals surface area contributed by atoms with Crippen molar-refractivity contribution in [1.82, 2.24) is 13.7 Å². The summed E-state index contributed by atoms with van der Waals surface area (Å²) in [5.74, 6) is 0. The van der Waals surface area contributed by atoms with Gasteiger partial charge in [-0.3, -0.25) is 0 Å². The molecular formula is C90H57N3S. The van der Waals surface area contributed by atoms with Gasteiger partial charge in [-0.05, 0) is 146 Å². The highest BCUT2D eigenvalue weighted by atomic mass is 32.1. The molecule has 4 heterocycles. The smallest absolute Gasteiger partial charge is 0.0541 e. The second-order valence-electron chi connectivity index (χ2n) is 24.6. The number of aromatic nitrogens is 3. The Kier molecular flexibility index (Phi) is 12.5. The van der Waals surface area contributed by atoms with Crippen LogP contribution in [0.15, 0.2) is 346 Å². The molecular weight excluding hydrogens is 1160 g/mol. The molecule has 0 bridgehead atoms. The minimum atomic E-state index is 1.11. The third kappa shape index (κ3) is 8.37. The van der Waals surface area contributed by atoms with Crippen molar-refractivity contribution in [2.45, 2.75) is 0 Å². The van der Waals surface area contributed by atoms with E-state index in [1.807, 2.05) is 11.3 Å². The highest BCUT2D eigenvalue weighted by molar-refractivity contribution is 7.27. The topological polar surface area (TPSA) is 14.8 Å². The van der Waals surface area contributed by atoms with Gasteiger partial charge in [0, 0.05) is 80.7 Å². The molecule has 0 atom stereocenters. The first-order valence-electron chi connectivity index (χ1n) is 32.3. The van der Waals surface area contributed by atoms with Crippen LogP contribution < -0.4 is 0 Å². The largest absolute Gasteiger partial charge is 0.309 e. The SMILES string of the molecule is c1ccc(-c2cc3c(sc4c(-c5ccc(-n6c7ccccc7c7ccccc76)cc5)c(-c5ccccc5)c(-c5ccccc5)c(-c5ccc(-n6c7ccccc7c7ccccc76)cc5)c43)c(-c3ccc(-n4c5ccccc5c5ccccc54)cc3)c2-c2ccccc2)cc1. The lowest BCUT2D eigenvalue weighted by Crippen LogP contribution is -1.98. The Morgan fingerprint density at radius 1 is 0.181 bits per heavy atom. The van der Waals surface area contributed by atoms with Gasteiger partial charge in [0.15, 0.2) is 0 Å². The number of thiophene rings is 1. The van der Waals surface area contributed by atoms with E-state index < -0.39 is 0 Å². The van der Waals surface area contributed by atoms with Crippen molar-refractivity contribution < 1.29 is 0 Å². The second-order valence-corrected chi connectivity index (χ2v) is 25.6. The minimum absolute atomic E-state index is 1.11. The van der Waals surface area contributed by atoms with E-state index in [0.29, 0.717) is 0 Å². The zero-order valence-corrected chi connectivity index (χ0v) is 52.0. The van der Waals surface area contributed by atoms with E-state index >= 15 is 0 Å². The molecule has 0 aliphatic rings. The van der Waals surface area contributed by atoms with E-state index in [4.69, 9.17) is 0 Å². The Hall–Kier alpha value is -12.1. The maximum absolute atomic E-state index is 2.55. The van der Waals surface area contributed by atoms with Gasteiger partial charge >= 0.3 is 0 Å². The Morgan fingerprint density at radius 3 is 0.777 bits per heavy atom. The third-order valence-corrected chi connectivity index (χ3v) is 20.7. The zero-order chi connectivity index (χ0) is 61.8. The van der Waals surface area contributed by atoms with Gasteiger partial charge in [-0.25, -0.2) is 0 Å². The molecule has 94 heavy (non-hydrogen) atoms. The monoisotopic (exact) mass is 1210 g/mol. The molecule has 15 aromatic carbocycles. The van der Waals surface area contributed by atoms with Crippen molar-refractivity contribution in [2.24, 2.45) is 0 Å². The number of hydrogen-bond acceptors (Lipinski definition) is 1. The molecule has 0 aliphatic heterocycles. The van der Waals surface area contributed by atoms with E-state index in [1.54, 1.807) is 0 Å². The van der Waals surface area contributed by atoms with Gasteiger partial charge in [0.2, 0.25) is 0 Å². The third-order valence-electron chi connectivity index (χ3n) is 19.5. The summed E-state index contributed by atoms with van der Waals surface area (Å²) >= 11 is 1.94. The van der Waals surface area contributed by atoms with Crippen molar-refractivity contribution in [3.8, 4) is 95.0 Å². The normalized spacial score (nSPS) is 11.8. The molecule has 0 N–H and O–H groups in total. The van der Waals surface area contributed by atoms with Crippen LogP contribution in [0.2, 0.25) is 0 Å². The van der Waals surface area contributed by atoms with Crippen molar-refractivity contribution in [2.75, 3.05) is 0 Å². The van der Waals surface area contributed by atoms with Crippen LogP contribution in [0.4, 0.5) is 0 Å². The van der Waals surface area contributed by atoms with Crippen LogP contribution in [0, 0.1) is 0 Å². The summed E-state index contributed by atoms with van der Waals surface area (Å²) in [7, 11) is 0. The summed E-state index contributed by atoms with van der Waals surface area (Å²) in [5.41, 5.74) is 26.9. The number of fused-ring (bicyclic) bond motifs is 12. The lowest BCUT2D eigenvalue weighted by atomic mass is 9.79. The first-order valence-corrected chi connectivity index (χ1v) is 33.1. The van der Waals surface area contributed by atoms with Gasteiger partial charge in [0.1, 0.15) is 0 Å². The van der Waals surface area contributed by atoms with E-state index in [1.165, 1.54) is 130 Å². The first-order chi connectivity index (χ1) is 46.7. The van der Waals surface area contributed by atoms with Gasteiger partial charge in [-0.1, -0.05) is 267 Å². The molecule has 3 nitrogen and oxygen atoms in total. The molecule has 4 heteroatoms. The number of para-hydroxylation sites is 6. The number of nitrogens with zero attached hydrogens (tertiary/aromatic N) is 3. The fourth-order valence-electron chi connectivity index (χ4n) is 15.5. The maximum Gasteiger partial charge on any atom is 0.0541 e. The van der Waals surface area contributed by atoms with E-state index in [2.05, 4.69) is 359 Å². The van der Waals surface area contributed by atoms with E-state index in [9.17, 15) is 0 Å². The van der Waals surface area contributed by atoms with Gasteiger partial charge in [-0.15, -0.1) is 11.3 Å². The molecule has 0 aliphatic carbocycles. The Balaban J connectivity index is 0.959. The lowest BCUT2D eigenvalue weighted by Gasteiger charge is -2.23. The predicted molar refractivity (Wildman–Crippen MR) is 400 cm³/mol. The molecule has 0 saturated carbocycles. The molecule has 0 unspecified atom stereocenters. The molecule has 4 aromatic heterocycles. The van der Waals surface area contributed by atoms with Crippen LogP contribution in [0.25, 0.3) is 181 Å². The van der Waals surface area contributed by atoms with E-state index in [-0.39, 0.29) is 0 Å².